The fourth-order valence-corrected chi connectivity index (χ4v) is 4.15. The Labute approximate surface area is 172 Å². The highest BCUT2D eigenvalue weighted by atomic mass is 127. The third-order valence-corrected chi connectivity index (χ3v) is 7.38. The van der Waals surface area contributed by atoms with Crippen LogP contribution in [0.2, 0.25) is 0 Å². The number of nitrogens with zero attached hydrogens (tertiary/aromatic N) is 1. The molecule has 7 heteroatoms. The van der Waals surface area contributed by atoms with Crippen LogP contribution in [0.1, 0.15) is 67.2 Å². The lowest BCUT2D eigenvalue weighted by Gasteiger charge is -2.42. The van der Waals surface area contributed by atoms with E-state index < -0.39 is 14.6 Å². The molecule has 0 radical (unpaired) electrons. The summed E-state index contributed by atoms with van der Waals surface area (Å²) in [5.74, 6) is 1.54. The van der Waals surface area contributed by atoms with Crippen molar-refractivity contribution in [3.63, 3.8) is 0 Å². The highest BCUT2D eigenvalue weighted by Crippen LogP contribution is 2.46. The molecule has 2 N–H and O–H groups in total. The number of hydrogen-bond donors (Lipinski definition) is 2. The van der Waals surface area contributed by atoms with Gasteiger partial charge in [0.2, 0.25) is 0 Å². The number of rotatable bonds is 8. The van der Waals surface area contributed by atoms with Crippen LogP contribution in [0.5, 0.6) is 0 Å². The molecule has 25 heavy (non-hydrogen) atoms. The van der Waals surface area contributed by atoms with E-state index in [9.17, 15) is 8.42 Å². The van der Waals surface area contributed by atoms with E-state index in [-0.39, 0.29) is 29.7 Å². The van der Waals surface area contributed by atoms with Gasteiger partial charge in [0.1, 0.15) is 0 Å². The van der Waals surface area contributed by atoms with Crippen molar-refractivity contribution in [1.82, 2.24) is 10.6 Å². The lowest BCUT2D eigenvalue weighted by Crippen LogP contribution is -2.43. The topological polar surface area (TPSA) is 70.6 Å². The summed E-state index contributed by atoms with van der Waals surface area (Å²) in [5.41, 5.74) is 0.355. The van der Waals surface area contributed by atoms with Crippen LogP contribution in [0.4, 0.5) is 0 Å². The molecule has 1 rings (SSSR count). The summed E-state index contributed by atoms with van der Waals surface area (Å²) in [7, 11) is -3.11. The van der Waals surface area contributed by atoms with E-state index >= 15 is 0 Å². The molecular weight excluding hydrogens is 449 g/mol. The number of nitrogens with one attached hydrogen (secondary N) is 2. The molecule has 1 saturated carbocycles. The van der Waals surface area contributed by atoms with Crippen molar-refractivity contribution in [1.29, 1.82) is 0 Å². The Balaban J connectivity index is 0.00000576. The molecule has 0 aromatic rings. The van der Waals surface area contributed by atoms with Crippen molar-refractivity contribution < 1.29 is 8.42 Å². The van der Waals surface area contributed by atoms with Crippen molar-refractivity contribution in [3.8, 4) is 0 Å². The van der Waals surface area contributed by atoms with E-state index in [1.807, 2.05) is 6.92 Å². The quantitative estimate of drug-likeness (QED) is 0.312. The van der Waals surface area contributed by atoms with Gasteiger partial charge in [0.05, 0.1) is 10.5 Å². The molecule has 0 amide bonds. The first-order chi connectivity index (χ1) is 11.0. The summed E-state index contributed by atoms with van der Waals surface area (Å²) in [4.78, 5) is 4.74. The predicted octanol–water partition coefficient (Wildman–Crippen LogP) is 3.59. The van der Waals surface area contributed by atoms with Crippen LogP contribution in [-0.2, 0) is 9.84 Å². The number of sulfone groups is 1. The average molecular weight is 487 g/mol. The summed E-state index contributed by atoms with van der Waals surface area (Å²) >= 11 is 0. The molecule has 0 spiro atoms. The highest BCUT2D eigenvalue weighted by molar-refractivity contribution is 14.0. The van der Waals surface area contributed by atoms with E-state index in [2.05, 4.69) is 24.5 Å². The van der Waals surface area contributed by atoms with E-state index in [1.54, 1.807) is 20.8 Å². The summed E-state index contributed by atoms with van der Waals surface area (Å²) in [5, 5.41) is 6.41. The van der Waals surface area contributed by atoms with Crippen LogP contribution in [0.15, 0.2) is 4.99 Å². The number of aliphatic imine (C=N–C) groups is 1. The zero-order valence-electron chi connectivity index (χ0n) is 16.8. The Morgan fingerprint density at radius 3 is 2.20 bits per heavy atom. The number of hydrogen-bond acceptors (Lipinski definition) is 3. The van der Waals surface area contributed by atoms with Crippen molar-refractivity contribution >= 4 is 39.8 Å². The zero-order chi connectivity index (χ0) is 18.4. The van der Waals surface area contributed by atoms with Gasteiger partial charge in [-0.1, -0.05) is 20.3 Å². The van der Waals surface area contributed by atoms with Gasteiger partial charge in [-0.3, -0.25) is 4.99 Å². The van der Waals surface area contributed by atoms with E-state index in [0.717, 1.165) is 19.0 Å². The molecule has 1 aliphatic carbocycles. The molecular formula is C18H38IN3O2S. The zero-order valence-corrected chi connectivity index (χ0v) is 20.0. The van der Waals surface area contributed by atoms with Crippen LogP contribution in [0, 0.1) is 11.3 Å². The van der Waals surface area contributed by atoms with Gasteiger partial charge in [-0.05, 0) is 58.3 Å². The van der Waals surface area contributed by atoms with Crippen molar-refractivity contribution in [2.45, 2.75) is 72.0 Å². The molecule has 0 bridgehead atoms. The van der Waals surface area contributed by atoms with Crippen LogP contribution in [0.25, 0.3) is 0 Å². The average Bonchev–Trinajstić information content (AvgIpc) is 2.39. The third kappa shape index (κ3) is 8.01. The van der Waals surface area contributed by atoms with Gasteiger partial charge in [-0.25, -0.2) is 8.42 Å². The number of guanidine groups is 1. The van der Waals surface area contributed by atoms with Gasteiger partial charge >= 0.3 is 0 Å². The maximum absolute atomic E-state index is 12.2. The molecule has 0 atom stereocenters. The second-order valence-corrected chi connectivity index (χ2v) is 11.4. The molecule has 150 valence electrons. The first-order valence-electron chi connectivity index (χ1n) is 9.26. The highest BCUT2D eigenvalue weighted by Gasteiger charge is 2.37. The number of halogens is 1. The molecule has 0 aliphatic heterocycles. The Kier molecular flexibility index (Phi) is 10.3. The third-order valence-electron chi connectivity index (χ3n) is 4.77. The fourth-order valence-electron chi connectivity index (χ4n) is 3.17. The van der Waals surface area contributed by atoms with Crippen molar-refractivity contribution in [3.05, 3.63) is 0 Å². The minimum absolute atomic E-state index is 0. The van der Waals surface area contributed by atoms with Crippen molar-refractivity contribution in [2.75, 3.05) is 25.4 Å². The Morgan fingerprint density at radius 1 is 1.20 bits per heavy atom. The van der Waals surface area contributed by atoms with Crippen LogP contribution < -0.4 is 10.6 Å². The molecule has 5 nitrogen and oxygen atoms in total. The van der Waals surface area contributed by atoms with Gasteiger partial charge in [0.15, 0.2) is 15.8 Å². The molecule has 0 aromatic heterocycles. The van der Waals surface area contributed by atoms with Crippen LogP contribution >= 0.6 is 24.0 Å². The smallest absolute Gasteiger partial charge is 0.191 e. The molecule has 0 saturated heterocycles. The Bertz CT molecular complexity index is 521. The molecule has 0 heterocycles. The molecule has 1 fully saturated rings. The standard InChI is InChI=1S/C18H37N3O2S.HI/c1-7-19-16(20-11-12-24(22,23)17(4,5)6)21-14-18(9-8-10-18)13-15(2)3;/h15H,7-14H2,1-6H3,(H2,19,20,21);1H. The maximum atomic E-state index is 12.2. The SMILES string of the molecule is CCNC(=NCC1(CC(C)C)CCC1)NCCS(=O)(=O)C(C)(C)C.I. The summed E-state index contributed by atoms with van der Waals surface area (Å²) in [6.07, 6.45) is 5.03. The van der Waals surface area contributed by atoms with Gasteiger partial charge in [0.25, 0.3) is 0 Å². The van der Waals surface area contributed by atoms with E-state index in [1.165, 1.54) is 25.7 Å². The monoisotopic (exact) mass is 487 g/mol. The lowest BCUT2D eigenvalue weighted by atomic mass is 9.64. The molecule has 0 aromatic carbocycles. The van der Waals surface area contributed by atoms with Gasteiger partial charge in [0, 0.05) is 19.6 Å². The first kappa shape index (κ1) is 24.9. The molecule has 0 unspecified atom stereocenters. The molecule has 1 aliphatic rings. The summed E-state index contributed by atoms with van der Waals surface area (Å²) in [6, 6.07) is 0. The van der Waals surface area contributed by atoms with Crippen LogP contribution in [-0.4, -0.2) is 44.5 Å². The van der Waals surface area contributed by atoms with Gasteiger partial charge < -0.3 is 10.6 Å². The summed E-state index contributed by atoms with van der Waals surface area (Å²) < 4.78 is 23.7. The maximum Gasteiger partial charge on any atom is 0.191 e. The van der Waals surface area contributed by atoms with Gasteiger partial charge in [-0.2, -0.15) is 0 Å². The van der Waals surface area contributed by atoms with Crippen LogP contribution in [0.3, 0.4) is 0 Å². The normalized spacial score (nSPS) is 17.6. The fraction of sp³-hybridized carbons (Fsp3) is 0.944. The second kappa shape index (κ2) is 10.3. The van der Waals surface area contributed by atoms with E-state index in [0.29, 0.717) is 17.9 Å². The lowest BCUT2D eigenvalue weighted by molar-refractivity contribution is 0.111. The second-order valence-electron chi connectivity index (χ2n) is 8.50. The minimum Gasteiger partial charge on any atom is -0.357 e. The van der Waals surface area contributed by atoms with E-state index in [4.69, 9.17) is 4.99 Å². The largest absolute Gasteiger partial charge is 0.357 e. The predicted molar refractivity (Wildman–Crippen MR) is 119 cm³/mol. The van der Waals surface area contributed by atoms with Crippen molar-refractivity contribution in [2.24, 2.45) is 16.3 Å². The minimum atomic E-state index is -3.11. The van der Waals surface area contributed by atoms with Gasteiger partial charge in [-0.15, -0.1) is 24.0 Å². The summed E-state index contributed by atoms with van der Waals surface area (Å²) in [6.45, 7) is 13.8. The Morgan fingerprint density at radius 2 is 1.80 bits per heavy atom. The first-order valence-corrected chi connectivity index (χ1v) is 10.9. The Hall–Kier alpha value is -0.0500.